The largest absolute Gasteiger partial charge is 0.323 e. The summed E-state index contributed by atoms with van der Waals surface area (Å²) in [4.78, 5) is 3.72. The van der Waals surface area contributed by atoms with E-state index < -0.39 is 10.0 Å². The van der Waals surface area contributed by atoms with Crippen LogP contribution in [0.4, 0.5) is 11.4 Å². The number of aromatic nitrogens is 1. The molecule has 0 amide bonds. The SMILES string of the molecule is Cc1ccc(C#N)cc1NS(=O)(=O)c1cnccc1NN. The van der Waals surface area contributed by atoms with E-state index in [0.717, 1.165) is 0 Å². The van der Waals surface area contributed by atoms with E-state index in [1.165, 1.54) is 24.5 Å². The smallest absolute Gasteiger partial charge is 0.265 e. The molecule has 1 heterocycles. The maximum absolute atomic E-state index is 12.4. The summed E-state index contributed by atoms with van der Waals surface area (Å²) in [6, 6.07) is 8.17. The van der Waals surface area contributed by atoms with E-state index in [0.29, 0.717) is 16.8 Å². The predicted molar refractivity (Wildman–Crippen MR) is 78.7 cm³/mol. The first kappa shape index (κ1) is 14.8. The van der Waals surface area contributed by atoms with Crippen molar-refractivity contribution in [2.75, 3.05) is 10.1 Å². The van der Waals surface area contributed by atoms with Crippen LogP contribution < -0.4 is 16.0 Å². The van der Waals surface area contributed by atoms with Crippen LogP contribution in [0, 0.1) is 18.3 Å². The molecule has 1 aromatic heterocycles. The summed E-state index contributed by atoms with van der Waals surface area (Å²) in [6.07, 6.45) is 2.62. The maximum Gasteiger partial charge on any atom is 0.265 e. The molecule has 7 nitrogen and oxygen atoms in total. The Morgan fingerprint density at radius 1 is 1.29 bits per heavy atom. The number of nitrogens with zero attached hydrogens (tertiary/aromatic N) is 2. The molecule has 0 atom stereocenters. The fourth-order valence-electron chi connectivity index (χ4n) is 1.71. The number of nitrogens with one attached hydrogen (secondary N) is 2. The van der Waals surface area contributed by atoms with Crippen molar-refractivity contribution in [3.63, 3.8) is 0 Å². The summed E-state index contributed by atoms with van der Waals surface area (Å²) in [6.45, 7) is 1.74. The highest BCUT2D eigenvalue weighted by molar-refractivity contribution is 7.92. The number of pyridine rings is 1. The van der Waals surface area contributed by atoms with Gasteiger partial charge in [0.25, 0.3) is 10.0 Å². The third-order valence-corrected chi connectivity index (χ3v) is 4.23. The zero-order valence-corrected chi connectivity index (χ0v) is 12.0. The molecule has 0 spiro atoms. The minimum atomic E-state index is -3.87. The van der Waals surface area contributed by atoms with Crippen LogP contribution in [-0.4, -0.2) is 13.4 Å². The first-order chi connectivity index (χ1) is 9.97. The van der Waals surface area contributed by atoms with E-state index in [4.69, 9.17) is 11.1 Å². The number of nitriles is 1. The van der Waals surface area contributed by atoms with Gasteiger partial charge in [-0.1, -0.05) is 6.07 Å². The molecule has 0 unspecified atom stereocenters. The van der Waals surface area contributed by atoms with Crippen molar-refractivity contribution < 1.29 is 8.42 Å². The van der Waals surface area contributed by atoms with E-state index >= 15 is 0 Å². The molecule has 0 bridgehead atoms. The molecule has 4 N–H and O–H groups in total. The topological polar surface area (TPSA) is 121 Å². The van der Waals surface area contributed by atoms with E-state index in [1.54, 1.807) is 19.1 Å². The second-order valence-electron chi connectivity index (χ2n) is 4.26. The second-order valence-corrected chi connectivity index (χ2v) is 5.91. The van der Waals surface area contributed by atoms with Gasteiger partial charge in [-0.05, 0) is 30.7 Å². The van der Waals surface area contributed by atoms with Crippen molar-refractivity contribution in [1.29, 1.82) is 5.26 Å². The highest BCUT2D eigenvalue weighted by Crippen LogP contribution is 2.24. The van der Waals surface area contributed by atoms with Crippen LogP contribution in [0.25, 0.3) is 0 Å². The third-order valence-electron chi connectivity index (χ3n) is 2.84. The normalized spacial score (nSPS) is 10.7. The molecule has 21 heavy (non-hydrogen) atoms. The Morgan fingerprint density at radius 3 is 2.71 bits per heavy atom. The average Bonchev–Trinajstić information content (AvgIpc) is 2.49. The number of hydrazine groups is 1. The number of anilines is 2. The highest BCUT2D eigenvalue weighted by atomic mass is 32.2. The highest BCUT2D eigenvalue weighted by Gasteiger charge is 2.19. The zero-order valence-electron chi connectivity index (χ0n) is 11.2. The summed E-state index contributed by atoms with van der Waals surface area (Å²) in [7, 11) is -3.87. The molecule has 0 aliphatic carbocycles. The molecular formula is C13H13N5O2S. The maximum atomic E-state index is 12.4. The van der Waals surface area contributed by atoms with E-state index in [-0.39, 0.29) is 10.6 Å². The Hall–Kier alpha value is -2.63. The summed E-state index contributed by atoms with van der Waals surface area (Å²) >= 11 is 0. The van der Waals surface area contributed by atoms with Crippen LogP contribution >= 0.6 is 0 Å². The average molecular weight is 303 g/mol. The molecule has 108 valence electrons. The van der Waals surface area contributed by atoms with Crippen LogP contribution in [0.3, 0.4) is 0 Å². The molecule has 0 saturated carbocycles. The van der Waals surface area contributed by atoms with Crippen molar-refractivity contribution >= 4 is 21.4 Å². The van der Waals surface area contributed by atoms with Crippen LogP contribution in [0.2, 0.25) is 0 Å². The number of benzene rings is 1. The number of nitrogen functional groups attached to an aromatic ring is 1. The third kappa shape index (κ3) is 3.10. The van der Waals surface area contributed by atoms with Gasteiger partial charge in [-0.3, -0.25) is 15.5 Å². The van der Waals surface area contributed by atoms with Gasteiger partial charge in [0, 0.05) is 12.4 Å². The molecule has 8 heteroatoms. The lowest BCUT2D eigenvalue weighted by Gasteiger charge is -2.13. The molecule has 2 rings (SSSR count). The van der Waals surface area contributed by atoms with Gasteiger partial charge in [0.1, 0.15) is 4.90 Å². The van der Waals surface area contributed by atoms with Gasteiger partial charge in [0.2, 0.25) is 0 Å². The summed E-state index contributed by atoms with van der Waals surface area (Å²) < 4.78 is 27.2. The lowest BCUT2D eigenvalue weighted by Crippen LogP contribution is -2.18. The monoisotopic (exact) mass is 303 g/mol. The quantitative estimate of drug-likeness (QED) is 0.579. The second kappa shape index (κ2) is 5.78. The molecule has 1 aromatic carbocycles. The van der Waals surface area contributed by atoms with Gasteiger partial charge in [0.05, 0.1) is 23.0 Å². The van der Waals surface area contributed by atoms with E-state index in [2.05, 4.69) is 15.1 Å². The summed E-state index contributed by atoms with van der Waals surface area (Å²) in [5.41, 5.74) is 3.94. The minimum Gasteiger partial charge on any atom is -0.323 e. The lowest BCUT2D eigenvalue weighted by molar-refractivity contribution is 0.601. The molecule has 0 radical (unpaired) electrons. The Morgan fingerprint density at radius 2 is 2.05 bits per heavy atom. The van der Waals surface area contributed by atoms with Crippen LogP contribution in [-0.2, 0) is 10.0 Å². The van der Waals surface area contributed by atoms with Gasteiger partial charge in [0.15, 0.2) is 0 Å². The number of sulfonamides is 1. The van der Waals surface area contributed by atoms with Gasteiger partial charge in [-0.25, -0.2) is 8.42 Å². The number of nitrogens with two attached hydrogens (primary N) is 1. The van der Waals surface area contributed by atoms with Gasteiger partial charge < -0.3 is 5.43 Å². The van der Waals surface area contributed by atoms with Crippen molar-refractivity contribution in [2.45, 2.75) is 11.8 Å². The van der Waals surface area contributed by atoms with E-state index in [1.807, 2.05) is 6.07 Å². The van der Waals surface area contributed by atoms with Crippen molar-refractivity contribution in [2.24, 2.45) is 5.84 Å². The first-order valence-electron chi connectivity index (χ1n) is 5.92. The Labute approximate surface area is 122 Å². The van der Waals surface area contributed by atoms with Crippen molar-refractivity contribution in [3.05, 3.63) is 47.8 Å². The Balaban J connectivity index is 2.45. The standard InChI is InChI=1S/C13H13N5O2S/c1-9-2-3-10(7-14)6-12(9)18-21(19,20)13-8-16-5-4-11(13)17-15/h2-6,8,18H,15H2,1H3,(H,16,17). The molecule has 0 fully saturated rings. The van der Waals surface area contributed by atoms with Gasteiger partial charge in [-0.15, -0.1) is 0 Å². The van der Waals surface area contributed by atoms with Crippen LogP contribution in [0.15, 0.2) is 41.6 Å². The number of rotatable bonds is 4. The molecule has 0 aliphatic rings. The molecular weight excluding hydrogens is 290 g/mol. The fourth-order valence-corrected chi connectivity index (χ4v) is 2.95. The molecule has 0 aliphatic heterocycles. The zero-order chi connectivity index (χ0) is 15.5. The fraction of sp³-hybridized carbons (Fsp3) is 0.0769. The lowest BCUT2D eigenvalue weighted by atomic mass is 10.1. The first-order valence-corrected chi connectivity index (χ1v) is 7.40. The van der Waals surface area contributed by atoms with Crippen molar-refractivity contribution in [1.82, 2.24) is 4.98 Å². The predicted octanol–water partition coefficient (Wildman–Crippen LogP) is 1.35. The number of aryl methyl sites for hydroxylation is 1. The Kier molecular flexibility index (Phi) is 4.07. The number of hydrogen-bond acceptors (Lipinski definition) is 6. The van der Waals surface area contributed by atoms with E-state index in [9.17, 15) is 8.42 Å². The van der Waals surface area contributed by atoms with Gasteiger partial charge in [-0.2, -0.15) is 5.26 Å². The molecule has 0 saturated heterocycles. The van der Waals surface area contributed by atoms with Crippen molar-refractivity contribution in [3.8, 4) is 6.07 Å². The van der Waals surface area contributed by atoms with Crippen LogP contribution in [0.1, 0.15) is 11.1 Å². The Bertz CT molecular complexity index is 812. The molecule has 2 aromatic rings. The van der Waals surface area contributed by atoms with Gasteiger partial charge >= 0.3 is 0 Å². The minimum absolute atomic E-state index is 0.0748. The summed E-state index contributed by atoms with van der Waals surface area (Å²) in [5.74, 6) is 5.30. The van der Waals surface area contributed by atoms with Crippen LogP contribution in [0.5, 0.6) is 0 Å². The summed E-state index contributed by atoms with van der Waals surface area (Å²) in [5, 5.41) is 8.89. The number of hydrogen-bond donors (Lipinski definition) is 3.